The Morgan fingerprint density at radius 1 is 0.962 bits per heavy atom. The van der Waals surface area contributed by atoms with E-state index < -0.39 is 0 Å². The van der Waals surface area contributed by atoms with Gasteiger partial charge in [0.2, 0.25) is 0 Å². The molecule has 3 nitrogen and oxygen atoms in total. The van der Waals surface area contributed by atoms with Gasteiger partial charge in [0.05, 0.1) is 5.56 Å². The van der Waals surface area contributed by atoms with Crippen molar-refractivity contribution in [3.63, 3.8) is 0 Å². The number of aliphatic hydroxyl groups is 1. The standard InChI is InChI=1S/C22H20BrNO2/c23-19-10-4-9-18(14-19)20-11-5-8-17(12-13-25)21(20)22(26)24-15-16-6-2-1-3-7-16/h1-11,14,25H,12-13,15H2,(H,24,26). The van der Waals surface area contributed by atoms with E-state index in [9.17, 15) is 9.90 Å². The largest absolute Gasteiger partial charge is 0.396 e. The zero-order valence-corrected chi connectivity index (χ0v) is 15.9. The Hall–Kier alpha value is -2.43. The fraction of sp³-hybridized carbons (Fsp3) is 0.136. The van der Waals surface area contributed by atoms with Crippen LogP contribution < -0.4 is 5.32 Å². The van der Waals surface area contributed by atoms with Gasteiger partial charge in [-0.3, -0.25) is 4.79 Å². The summed E-state index contributed by atoms with van der Waals surface area (Å²) in [7, 11) is 0. The molecule has 4 heteroatoms. The number of hydrogen-bond donors (Lipinski definition) is 2. The number of halogens is 1. The van der Waals surface area contributed by atoms with Crippen molar-refractivity contribution in [2.45, 2.75) is 13.0 Å². The lowest BCUT2D eigenvalue weighted by Crippen LogP contribution is -2.25. The second-order valence-electron chi connectivity index (χ2n) is 5.99. The van der Waals surface area contributed by atoms with E-state index in [2.05, 4.69) is 21.2 Å². The second kappa shape index (κ2) is 8.79. The fourth-order valence-corrected chi connectivity index (χ4v) is 3.36. The van der Waals surface area contributed by atoms with Crippen LogP contribution in [0.1, 0.15) is 21.5 Å². The number of carbonyl (C=O) groups is 1. The van der Waals surface area contributed by atoms with Gasteiger partial charge in [0.25, 0.3) is 5.91 Å². The van der Waals surface area contributed by atoms with Crippen LogP contribution in [0.4, 0.5) is 0 Å². The summed E-state index contributed by atoms with van der Waals surface area (Å²) in [6.07, 6.45) is 0.440. The molecular formula is C22H20BrNO2. The summed E-state index contributed by atoms with van der Waals surface area (Å²) in [5, 5.41) is 12.4. The zero-order chi connectivity index (χ0) is 18.4. The Balaban J connectivity index is 1.96. The van der Waals surface area contributed by atoms with Gasteiger partial charge in [0, 0.05) is 17.6 Å². The molecular weight excluding hydrogens is 390 g/mol. The monoisotopic (exact) mass is 409 g/mol. The molecule has 3 aromatic carbocycles. The summed E-state index contributed by atoms with van der Waals surface area (Å²) < 4.78 is 0.957. The predicted molar refractivity (Wildman–Crippen MR) is 108 cm³/mol. The lowest BCUT2D eigenvalue weighted by Gasteiger charge is -2.15. The average molecular weight is 410 g/mol. The highest BCUT2D eigenvalue weighted by Gasteiger charge is 2.17. The smallest absolute Gasteiger partial charge is 0.252 e. The minimum absolute atomic E-state index is 0.000896. The van der Waals surface area contributed by atoms with Gasteiger partial charge >= 0.3 is 0 Å². The van der Waals surface area contributed by atoms with Crippen LogP contribution in [0, 0.1) is 0 Å². The van der Waals surface area contributed by atoms with E-state index in [4.69, 9.17) is 0 Å². The Bertz CT molecular complexity index is 894. The van der Waals surface area contributed by atoms with Gasteiger partial charge in [-0.15, -0.1) is 0 Å². The molecule has 0 fully saturated rings. The van der Waals surface area contributed by atoms with Gasteiger partial charge in [0.1, 0.15) is 0 Å². The Morgan fingerprint density at radius 2 is 1.73 bits per heavy atom. The Morgan fingerprint density at radius 3 is 2.46 bits per heavy atom. The molecule has 132 valence electrons. The minimum atomic E-state index is -0.132. The SMILES string of the molecule is O=C(NCc1ccccc1)c1c(CCO)cccc1-c1cccc(Br)c1. The molecule has 0 unspecified atom stereocenters. The molecule has 3 rings (SSSR count). The number of aliphatic hydroxyl groups excluding tert-OH is 1. The molecule has 0 radical (unpaired) electrons. The summed E-state index contributed by atoms with van der Waals surface area (Å²) in [4.78, 5) is 13.0. The van der Waals surface area contributed by atoms with Gasteiger partial charge in [-0.25, -0.2) is 0 Å². The summed E-state index contributed by atoms with van der Waals surface area (Å²) in [5.41, 5.74) is 4.34. The van der Waals surface area contributed by atoms with Crippen molar-refractivity contribution in [1.82, 2.24) is 5.32 Å². The maximum absolute atomic E-state index is 13.0. The maximum atomic E-state index is 13.0. The van der Waals surface area contributed by atoms with Gasteiger partial charge in [-0.05, 0) is 40.8 Å². The molecule has 0 bridgehead atoms. The van der Waals surface area contributed by atoms with E-state index in [-0.39, 0.29) is 12.5 Å². The molecule has 0 saturated heterocycles. The van der Waals surface area contributed by atoms with E-state index >= 15 is 0 Å². The first kappa shape index (κ1) is 18.4. The average Bonchev–Trinajstić information content (AvgIpc) is 2.67. The van der Waals surface area contributed by atoms with E-state index in [0.29, 0.717) is 18.5 Å². The van der Waals surface area contributed by atoms with Crippen LogP contribution in [0.15, 0.2) is 77.3 Å². The van der Waals surface area contributed by atoms with Crippen molar-refractivity contribution in [3.05, 3.63) is 94.0 Å². The summed E-state index contributed by atoms with van der Waals surface area (Å²) in [5.74, 6) is -0.132. The van der Waals surface area contributed by atoms with Crippen LogP contribution in [-0.2, 0) is 13.0 Å². The van der Waals surface area contributed by atoms with Gasteiger partial charge in [-0.2, -0.15) is 0 Å². The van der Waals surface area contributed by atoms with Crippen molar-refractivity contribution >= 4 is 21.8 Å². The summed E-state index contributed by atoms with van der Waals surface area (Å²) >= 11 is 3.49. The summed E-state index contributed by atoms with van der Waals surface area (Å²) in [6.45, 7) is 0.464. The molecule has 0 aromatic heterocycles. The number of nitrogens with one attached hydrogen (secondary N) is 1. The van der Waals surface area contributed by atoms with Crippen molar-refractivity contribution < 1.29 is 9.90 Å². The highest BCUT2D eigenvalue weighted by molar-refractivity contribution is 9.10. The first-order valence-corrected chi connectivity index (χ1v) is 9.29. The van der Waals surface area contributed by atoms with Crippen molar-refractivity contribution in [1.29, 1.82) is 0 Å². The van der Waals surface area contributed by atoms with Crippen LogP contribution in [0.5, 0.6) is 0 Å². The predicted octanol–water partition coefficient (Wildman–Crippen LogP) is 4.58. The zero-order valence-electron chi connectivity index (χ0n) is 14.3. The maximum Gasteiger partial charge on any atom is 0.252 e. The van der Waals surface area contributed by atoms with E-state index in [0.717, 1.165) is 26.7 Å². The molecule has 0 aliphatic heterocycles. The van der Waals surface area contributed by atoms with Crippen molar-refractivity contribution in [2.24, 2.45) is 0 Å². The first-order chi connectivity index (χ1) is 12.7. The lowest BCUT2D eigenvalue weighted by molar-refractivity contribution is 0.0950. The lowest BCUT2D eigenvalue weighted by atomic mass is 9.93. The van der Waals surface area contributed by atoms with Crippen LogP contribution in [0.3, 0.4) is 0 Å². The van der Waals surface area contributed by atoms with Crippen LogP contribution in [0.2, 0.25) is 0 Å². The summed E-state index contributed by atoms with van der Waals surface area (Å²) in [6, 6.07) is 23.5. The molecule has 2 N–H and O–H groups in total. The minimum Gasteiger partial charge on any atom is -0.396 e. The number of benzene rings is 3. The number of hydrogen-bond acceptors (Lipinski definition) is 2. The topological polar surface area (TPSA) is 49.3 Å². The highest BCUT2D eigenvalue weighted by Crippen LogP contribution is 2.29. The van der Waals surface area contributed by atoms with Gasteiger partial charge < -0.3 is 10.4 Å². The van der Waals surface area contributed by atoms with Crippen LogP contribution in [0.25, 0.3) is 11.1 Å². The van der Waals surface area contributed by atoms with E-state index in [1.807, 2.05) is 72.8 Å². The molecule has 26 heavy (non-hydrogen) atoms. The third kappa shape index (κ3) is 4.40. The second-order valence-corrected chi connectivity index (χ2v) is 6.91. The molecule has 0 heterocycles. The molecule has 0 spiro atoms. The number of amides is 1. The normalized spacial score (nSPS) is 10.5. The van der Waals surface area contributed by atoms with Crippen LogP contribution in [-0.4, -0.2) is 17.6 Å². The van der Waals surface area contributed by atoms with Gasteiger partial charge in [-0.1, -0.05) is 76.6 Å². The molecule has 0 saturated carbocycles. The van der Waals surface area contributed by atoms with E-state index in [1.165, 1.54) is 0 Å². The molecule has 0 aliphatic carbocycles. The highest BCUT2D eigenvalue weighted by atomic mass is 79.9. The van der Waals surface area contributed by atoms with Gasteiger partial charge in [0.15, 0.2) is 0 Å². The fourth-order valence-electron chi connectivity index (χ4n) is 2.96. The molecule has 3 aromatic rings. The molecule has 1 amide bonds. The van der Waals surface area contributed by atoms with Crippen molar-refractivity contribution in [3.8, 4) is 11.1 Å². The Labute approximate surface area is 161 Å². The Kier molecular flexibility index (Phi) is 6.21. The number of rotatable bonds is 6. The quantitative estimate of drug-likeness (QED) is 0.625. The third-order valence-corrected chi connectivity index (χ3v) is 4.68. The van der Waals surface area contributed by atoms with Crippen molar-refractivity contribution in [2.75, 3.05) is 6.61 Å². The van der Waals surface area contributed by atoms with Crippen LogP contribution >= 0.6 is 15.9 Å². The number of carbonyl (C=O) groups excluding carboxylic acids is 1. The first-order valence-electron chi connectivity index (χ1n) is 8.50. The molecule has 0 atom stereocenters. The third-order valence-electron chi connectivity index (χ3n) is 4.19. The molecule has 0 aliphatic rings. The van der Waals surface area contributed by atoms with E-state index in [1.54, 1.807) is 0 Å².